The molecule has 0 spiro atoms. The summed E-state index contributed by atoms with van der Waals surface area (Å²) in [4.78, 5) is 24.0. The van der Waals surface area contributed by atoms with Crippen LogP contribution in [0.1, 0.15) is 23.1 Å². The molecule has 19 heavy (non-hydrogen) atoms. The van der Waals surface area contributed by atoms with Crippen molar-refractivity contribution in [2.45, 2.75) is 13.8 Å². The third kappa shape index (κ3) is 2.21. The van der Waals surface area contributed by atoms with Gasteiger partial charge in [0.15, 0.2) is 0 Å². The van der Waals surface area contributed by atoms with E-state index in [2.05, 4.69) is 15.9 Å². The lowest BCUT2D eigenvalue weighted by atomic mass is 10.2. The lowest BCUT2D eigenvalue weighted by molar-refractivity contribution is -0.469. The molecule has 0 fully saturated rings. The van der Waals surface area contributed by atoms with Crippen molar-refractivity contribution in [2.24, 2.45) is 0 Å². The van der Waals surface area contributed by atoms with Gasteiger partial charge >= 0.3 is 11.7 Å². The summed E-state index contributed by atoms with van der Waals surface area (Å²) in [6.45, 7) is 3.17. The Hall–Kier alpha value is -1.89. The van der Waals surface area contributed by atoms with Crippen molar-refractivity contribution in [3.05, 3.63) is 44.2 Å². The zero-order valence-corrected chi connectivity index (χ0v) is 11.9. The maximum Gasteiger partial charge on any atom is 0.410 e. The average Bonchev–Trinajstić information content (AvgIpc) is 2.36. The maximum absolute atomic E-state index is 12.2. The minimum absolute atomic E-state index is 0.0169. The highest BCUT2D eigenvalue weighted by molar-refractivity contribution is 9.10. The topological polar surface area (TPSA) is 77.3 Å². The van der Waals surface area contributed by atoms with Crippen LogP contribution in [0.15, 0.2) is 22.7 Å². The summed E-state index contributed by atoms with van der Waals surface area (Å²) in [7, 11) is 0. The number of nitrogens with zero attached hydrogens (tertiary/aromatic N) is 2. The van der Waals surface area contributed by atoms with E-state index in [1.807, 2.05) is 0 Å². The summed E-state index contributed by atoms with van der Waals surface area (Å²) in [6, 6.07) is 4.65. The Morgan fingerprint density at radius 3 is 2.84 bits per heavy atom. The molecule has 1 aromatic heterocycles. The second-order valence-electron chi connectivity index (χ2n) is 3.88. The van der Waals surface area contributed by atoms with E-state index in [0.29, 0.717) is 13.6 Å². The molecule has 0 atom stereocenters. The van der Waals surface area contributed by atoms with E-state index in [1.54, 1.807) is 13.0 Å². The van der Waals surface area contributed by atoms with Crippen molar-refractivity contribution < 1.29 is 14.0 Å². The SMILES string of the molecule is CCOC(=O)c1c(C)n([O-])c2ccc(Br)cc2[n+]1=O. The second kappa shape index (κ2) is 5.00. The van der Waals surface area contributed by atoms with Crippen LogP contribution < -0.4 is 4.43 Å². The van der Waals surface area contributed by atoms with E-state index in [0.717, 1.165) is 0 Å². The third-order valence-corrected chi connectivity index (χ3v) is 3.19. The van der Waals surface area contributed by atoms with Gasteiger partial charge in [-0.25, -0.2) is 4.79 Å². The summed E-state index contributed by atoms with van der Waals surface area (Å²) in [5.41, 5.74) is 0.0347. The van der Waals surface area contributed by atoms with Gasteiger partial charge in [0.1, 0.15) is 5.52 Å². The third-order valence-electron chi connectivity index (χ3n) is 2.69. The van der Waals surface area contributed by atoms with E-state index in [9.17, 15) is 14.9 Å². The van der Waals surface area contributed by atoms with Crippen molar-refractivity contribution >= 4 is 32.9 Å². The number of carbonyl (C=O) groups is 1. The number of aromatic nitrogens is 2. The largest absolute Gasteiger partial charge is 0.805 e. The number of benzene rings is 1. The Bertz CT molecular complexity index is 724. The number of carbonyl (C=O) groups excluding carboxylic acids is 1. The minimum Gasteiger partial charge on any atom is -0.805 e. The van der Waals surface area contributed by atoms with Gasteiger partial charge in [-0.1, -0.05) is 15.9 Å². The standard InChI is InChI=1S/C12H11BrN2O4/c1-3-19-12(16)11-7(2)14(17)9-5-4-8(13)6-10(9)15(11)18/h4-6H,3H2,1-2H3. The van der Waals surface area contributed by atoms with Crippen LogP contribution in [-0.2, 0) is 4.74 Å². The molecule has 0 aliphatic carbocycles. The Kier molecular flexibility index (Phi) is 3.57. The van der Waals surface area contributed by atoms with Crippen LogP contribution >= 0.6 is 15.9 Å². The highest BCUT2D eigenvalue weighted by Gasteiger charge is 2.28. The summed E-state index contributed by atoms with van der Waals surface area (Å²) in [6.07, 6.45) is 0. The van der Waals surface area contributed by atoms with Gasteiger partial charge in [-0.05, 0) is 26.0 Å². The highest BCUT2D eigenvalue weighted by atomic mass is 79.9. The van der Waals surface area contributed by atoms with Gasteiger partial charge in [0.05, 0.1) is 16.7 Å². The molecule has 1 aromatic carbocycles. The van der Waals surface area contributed by atoms with Crippen molar-refractivity contribution in [3.8, 4) is 0 Å². The molecule has 1 heterocycles. The molecular weight excluding hydrogens is 316 g/mol. The predicted molar refractivity (Wildman–Crippen MR) is 72.5 cm³/mol. The fourth-order valence-electron chi connectivity index (χ4n) is 1.81. The van der Waals surface area contributed by atoms with Crippen molar-refractivity contribution in [3.63, 3.8) is 0 Å². The molecule has 0 radical (unpaired) electrons. The Morgan fingerprint density at radius 1 is 1.53 bits per heavy atom. The van der Waals surface area contributed by atoms with Gasteiger partial charge in [-0.15, -0.1) is 0 Å². The fraction of sp³-hybridized carbons (Fsp3) is 0.250. The molecule has 0 amide bonds. The lowest BCUT2D eigenvalue weighted by Gasteiger charge is -2.15. The Morgan fingerprint density at radius 2 is 2.21 bits per heavy atom. The number of hydrogen-bond donors (Lipinski definition) is 0. The first kappa shape index (κ1) is 13.5. The minimum atomic E-state index is -0.804. The molecule has 7 heteroatoms. The normalized spacial score (nSPS) is 10.7. The maximum atomic E-state index is 12.2. The number of halogens is 1. The Balaban J connectivity index is 2.86. The molecule has 100 valence electrons. The van der Waals surface area contributed by atoms with Crippen molar-refractivity contribution in [1.82, 2.24) is 4.73 Å². The molecule has 0 aliphatic rings. The zero-order chi connectivity index (χ0) is 14.2. The van der Waals surface area contributed by atoms with Gasteiger partial charge in [0, 0.05) is 15.4 Å². The van der Waals surface area contributed by atoms with Crippen LogP contribution in [0.3, 0.4) is 0 Å². The van der Waals surface area contributed by atoms with Crippen LogP contribution in [0.25, 0.3) is 11.0 Å². The van der Waals surface area contributed by atoms with E-state index >= 15 is 0 Å². The van der Waals surface area contributed by atoms with Crippen LogP contribution in [0, 0.1) is 17.0 Å². The second-order valence-corrected chi connectivity index (χ2v) is 4.79. The molecule has 0 bridgehead atoms. The molecule has 0 saturated heterocycles. The van der Waals surface area contributed by atoms with Gasteiger partial charge in [-0.2, -0.15) is 0 Å². The molecule has 6 nitrogen and oxygen atoms in total. The van der Waals surface area contributed by atoms with Gasteiger partial charge in [0.2, 0.25) is 0 Å². The molecule has 2 aromatic rings. The Labute approximate surface area is 116 Å². The van der Waals surface area contributed by atoms with Crippen LogP contribution in [0.4, 0.5) is 0 Å². The number of esters is 1. The highest BCUT2D eigenvalue weighted by Crippen LogP contribution is 2.19. The zero-order valence-electron chi connectivity index (χ0n) is 10.3. The molecular formula is C12H11BrN2O4. The predicted octanol–water partition coefficient (Wildman–Crippen LogP) is 2.15. The summed E-state index contributed by atoms with van der Waals surface area (Å²) >= 11 is 3.22. The van der Waals surface area contributed by atoms with Crippen molar-refractivity contribution in [2.75, 3.05) is 6.61 Å². The number of hydrogen-bond acceptors (Lipinski definition) is 4. The van der Waals surface area contributed by atoms with Gasteiger partial charge < -0.3 is 14.7 Å². The molecule has 0 unspecified atom stereocenters. The quantitative estimate of drug-likeness (QED) is 0.625. The van der Waals surface area contributed by atoms with E-state index in [1.165, 1.54) is 19.1 Å². The van der Waals surface area contributed by atoms with E-state index in [4.69, 9.17) is 4.74 Å². The summed E-state index contributed by atoms with van der Waals surface area (Å²) in [5, 5.41) is 12.1. The summed E-state index contributed by atoms with van der Waals surface area (Å²) in [5.74, 6) is -0.804. The lowest BCUT2D eigenvalue weighted by Crippen LogP contribution is -2.31. The molecule has 2 rings (SSSR count). The van der Waals surface area contributed by atoms with Gasteiger partial charge in [0.25, 0.3) is 5.52 Å². The monoisotopic (exact) mass is 326 g/mol. The number of rotatable bonds is 2. The first-order valence-corrected chi connectivity index (χ1v) is 6.38. The molecule has 0 saturated carbocycles. The number of fused-ring (bicyclic) bond motifs is 1. The van der Waals surface area contributed by atoms with Gasteiger partial charge in [-0.3, -0.25) is 0 Å². The first-order valence-electron chi connectivity index (χ1n) is 5.59. The molecule has 0 N–H and O–H groups in total. The summed E-state index contributed by atoms with van der Waals surface area (Å²) < 4.78 is 6.43. The smallest absolute Gasteiger partial charge is 0.410 e. The first-order chi connectivity index (χ1) is 8.97. The van der Waals surface area contributed by atoms with Crippen LogP contribution in [0.5, 0.6) is 0 Å². The van der Waals surface area contributed by atoms with E-state index < -0.39 is 5.97 Å². The number of ether oxygens (including phenoxy) is 1. The fourth-order valence-corrected chi connectivity index (χ4v) is 2.15. The van der Waals surface area contributed by atoms with Crippen LogP contribution in [0.2, 0.25) is 0 Å². The van der Waals surface area contributed by atoms with E-state index in [-0.39, 0.29) is 29.0 Å². The average molecular weight is 327 g/mol. The van der Waals surface area contributed by atoms with Crippen LogP contribution in [-0.4, -0.2) is 17.3 Å². The molecule has 0 aliphatic heterocycles. The van der Waals surface area contributed by atoms with Crippen molar-refractivity contribution in [1.29, 1.82) is 0 Å².